The van der Waals surface area contributed by atoms with E-state index in [1.807, 2.05) is 54.6 Å². The molecule has 12 nitrogen and oxygen atoms in total. The van der Waals surface area contributed by atoms with Crippen LogP contribution in [0.15, 0.2) is 73.3 Å². The van der Waals surface area contributed by atoms with E-state index in [9.17, 15) is 24.3 Å². The molecule has 0 spiro atoms. The van der Waals surface area contributed by atoms with Gasteiger partial charge in [0.05, 0.1) is 12.4 Å². The van der Waals surface area contributed by atoms with E-state index in [0.29, 0.717) is 5.69 Å². The number of nitrogens with one attached hydrogen (secondary N) is 5. The first-order chi connectivity index (χ1) is 19.7. The summed E-state index contributed by atoms with van der Waals surface area (Å²) >= 11 is 0. The minimum Gasteiger partial charge on any atom is -0.480 e. The number of aliphatic carboxylic acids is 1. The van der Waals surface area contributed by atoms with Gasteiger partial charge in [-0.1, -0.05) is 48.5 Å². The van der Waals surface area contributed by atoms with Crippen LogP contribution < -0.4 is 21.7 Å². The number of hydrogen-bond donors (Lipinski definition) is 7. The Balaban J connectivity index is 1.54. The van der Waals surface area contributed by atoms with Crippen molar-refractivity contribution < 1.29 is 24.3 Å². The van der Waals surface area contributed by atoms with E-state index in [4.69, 9.17) is 5.73 Å². The molecule has 4 unspecified atom stereocenters. The number of aromatic amines is 2. The molecule has 0 saturated carbocycles. The van der Waals surface area contributed by atoms with Crippen molar-refractivity contribution in [3.63, 3.8) is 0 Å². The fraction of sp³-hybridized carbons (Fsp3) is 0.276. The number of imidazole rings is 1. The van der Waals surface area contributed by atoms with Gasteiger partial charge in [-0.3, -0.25) is 19.2 Å². The summed E-state index contributed by atoms with van der Waals surface area (Å²) in [6.07, 6.45) is 5.12. The van der Waals surface area contributed by atoms with Crippen molar-refractivity contribution in [3.8, 4) is 0 Å². The Bertz CT molecular complexity index is 1490. The number of carbonyl (C=O) groups is 4. The SMILES string of the molecule is CC(NC(=O)C(Cc1c[nH]c2ccccc12)NC(=O)C(Cc1cnc[nH]1)NC(=O)C(N)Cc1ccccc1)C(=O)O. The zero-order valence-electron chi connectivity index (χ0n) is 22.5. The zero-order chi connectivity index (χ0) is 29.4. The second-order valence-corrected chi connectivity index (χ2v) is 9.83. The van der Waals surface area contributed by atoms with Crippen molar-refractivity contribution in [3.05, 3.63) is 90.1 Å². The number of carbonyl (C=O) groups excluding carboxylic acids is 3. The third-order valence-corrected chi connectivity index (χ3v) is 6.71. The maximum absolute atomic E-state index is 13.6. The fourth-order valence-corrected chi connectivity index (χ4v) is 4.44. The minimum atomic E-state index is -1.22. The lowest BCUT2D eigenvalue weighted by molar-refractivity contribution is -0.141. The summed E-state index contributed by atoms with van der Waals surface area (Å²) in [6.45, 7) is 1.33. The summed E-state index contributed by atoms with van der Waals surface area (Å²) < 4.78 is 0. The monoisotopic (exact) mass is 559 g/mol. The van der Waals surface area contributed by atoms with Gasteiger partial charge in [0.15, 0.2) is 0 Å². The zero-order valence-corrected chi connectivity index (χ0v) is 22.5. The van der Waals surface area contributed by atoms with Gasteiger partial charge in [0.2, 0.25) is 17.7 Å². The highest BCUT2D eigenvalue weighted by Crippen LogP contribution is 2.19. The number of para-hydroxylation sites is 1. The van der Waals surface area contributed by atoms with Gasteiger partial charge in [-0.2, -0.15) is 0 Å². The van der Waals surface area contributed by atoms with E-state index in [1.54, 1.807) is 6.20 Å². The molecule has 0 saturated heterocycles. The molecule has 41 heavy (non-hydrogen) atoms. The Labute approximate surface area is 236 Å². The van der Waals surface area contributed by atoms with Crippen LogP contribution in [0.4, 0.5) is 0 Å². The molecule has 0 aliphatic rings. The van der Waals surface area contributed by atoms with Crippen LogP contribution in [-0.2, 0) is 38.4 Å². The molecule has 2 heterocycles. The van der Waals surface area contributed by atoms with Gasteiger partial charge in [0.1, 0.15) is 18.1 Å². The molecule has 0 aliphatic carbocycles. The number of hydrogen-bond acceptors (Lipinski definition) is 6. The molecule has 3 amide bonds. The van der Waals surface area contributed by atoms with E-state index >= 15 is 0 Å². The molecule has 2 aromatic carbocycles. The number of fused-ring (bicyclic) bond motifs is 1. The molecule has 0 aliphatic heterocycles. The van der Waals surface area contributed by atoms with E-state index < -0.39 is 47.9 Å². The highest BCUT2D eigenvalue weighted by molar-refractivity contribution is 5.95. The lowest BCUT2D eigenvalue weighted by Crippen LogP contribution is -2.58. The molecule has 8 N–H and O–H groups in total. The molecule has 4 aromatic rings. The van der Waals surface area contributed by atoms with E-state index in [0.717, 1.165) is 22.0 Å². The largest absolute Gasteiger partial charge is 0.480 e. The minimum absolute atomic E-state index is 0.0581. The molecule has 214 valence electrons. The van der Waals surface area contributed by atoms with Crippen molar-refractivity contribution >= 4 is 34.6 Å². The lowest BCUT2D eigenvalue weighted by Gasteiger charge is -2.24. The number of nitrogens with two attached hydrogens (primary N) is 1. The summed E-state index contributed by atoms with van der Waals surface area (Å²) in [5.74, 6) is -3.06. The average molecular weight is 560 g/mol. The summed E-state index contributed by atoms with van der Waals surface area (Å²) in [7, 11) is 0. The first-order valence-corrected chi connectivity index (χ1v) is 13.2. The maximum Gasteiger partial charge on any atom is 0.325 e. The van der Waals surface area contributed by atoms with Gasteiger partial charge in [-0.05, 0) is 30.5 Å². The first-order valence-electron chi connectivity index (χ1n) is 13.2. The quantitative estimate of drug-likeness (QED) is 0.126. The van der Waals surface area contributed by atoms with Crippen molar-refractivity contribution in [1.29, 1.82) is 0 Å². The fourth-order valence-electron chi connectivity index (χ4n) is 4.44. The number of benzene rings is 2. The van der Waals surface area contributed by atoms with Crippen LogP contribution in [0.2, 0.25) is 0 Å². The number of aromatic nitrogens is 3. The third-order valence-electron chi connectivity index (χ3n) is 6.71. The second kappa shape index (κ2) is 13.4. The summed E-state index contributed by atoms with van der Waals surface area (Å²) in [5, 5.41) is 18.0. The van der Waals surface area contributed by atoms with Crippen molar-refractivity contribution in [2.75, 3.05) is 0 Å². The Morgan fingerprint density at radius 2 is 1.51 bits per heavy atom. The summed E-state index contributed by atoms with van der Waals surface area (Å²) in [6, 6.07) is 12.4. The maximum atomic E-state index is 13.6. The Morgan fingerprint density at radius 3 is 2.22 bits per heavy atom. The molecule has 0 radical (unpaired) electrons. The third kappa shape index (κ3) is 7.79. The summed E-state index contributed by atoms with van der Waals surface area (Å²) in [5.41, 5.74) is 9.21. The Hall–Kier alpha value is -4.97. The number of carboxylic acid groups (broad SMARTS) is 1. The molecule has 0 bridgehead atoms. The summed E-state index contributed by atoms with van der Waals surface area (Å²) in [4.78, 5) is 61.3. The molecule has 4 rings (SSSR count). The van der Waals surface area contributed by atoms with Gasteiger partial charge in [-0.15, -0.1) is 0 Å². The van der Waals surface area contributed by atoms with Crippen LogP contribution in [0, 0.1) is 0 Å². The number of nitrogens with zero attached hydrogens (tertiary/aromatic N) is 1. The van der Waals surface area contributed by atoms with Crippen LogP contribution in [0.1, 0.15) is 23.7 Å². The Morgan fingerprint density at radius 1 is 0.854 bits per heavy atom. The van der Waals surface area contributed by atoms with Crippen LogP contribution in [0.5, 0.6) is 0 Å². The molecule has 2 aromatic heterocycles. The predicted octanol–water partition coefficient (Wildman–Crippen LogP) is 0.805. The van der Waals surface area contributed by atoms with Gasteiger partial charge < -0.3 is 36.8 Å². The predicted molar refractivity (Wildman–Crippen MR) is 152 cm³/mol. The highest BCUT2D eigenvalue weighted by Gasteiger charge is 2.30. The average Bonchev–Trinajstić information content (AvgIpc) is 3.62. The van der Waals surface area contributed by atoms with Crippen LogP contribution >= 0.6 is 0 Å². The Kier molecular flexibility index (Phi) is 9.48. The van der Waals surface area contributed by atoms with Gasteiger partial charge >= 0.3 is 5.97 Å². The molecule has 4 atom stereocenters. The number of amides is 3. The van der Waals surface area contributed by atoms with Crippen LogP contribution in [0.25, 0.3) is 10.9 Å². The van der Waals surface area contributed by atoms with E-state index in [-0.39, 0.29) is 19.3 Å². The van der Waals surface area contributed by atoms with Gasteiger partial charge in [0.25, 0.3) is 0 Å². The number of H-pyrrole nitrogens is 2. The van der Waals surface area contributed by atoms with E-state index in [1.165, 1.54) is 19.4 Å². The van der Waals surface area contributed by atoms with Crippen LogP contribution in [-0.4, -0.2) is 67.9 Å². The van der Waals surface area contributed by atoms with Gasteiger partial charge in [0, 0.05) is 41.8 Å². The smallest absolute Gasteiger partial charge is 0.325 e. The molecule has 12 heteroatoms. The second-order valence-electron chi connectivity index (χ2n) is 9.83. The highest BCUT2D eigenvalue weighted by atomic mass is 16.4. The van der Waals surface area contributed by atoms with Crippen molar-refractivity contribution in [2.45, 2.75) is 50.4 Å². The van der Waals surface area contributed by atoms with Crippen molar-refractivity contribution in [2.24, 2.45) is 5.73 Å². The normalized spacial score (nSPS) is 14.0. The topological polar surface area (TPSA) is 195 Å². The molecule has 0 fully saturated rings. The van der Waals surface area contributed by atoms with Crippen molar-refractivity contribution in [1.82, 2.24) is 30.9 Å². The van der Waals surface area contributed by atoms with Gasteiger partial charge in [-0.25, -0.2) is 4.98 Å². The van der Waals surface area contributed by atoms with Crippen LogP contribution in [0.3, 0.4) is 0 Å². The molecular weight excluding hydrogens is 526 g/mol. The molecular formula is C29H33N7O5. The lowest BCUT2D eigenvalue weighted by atomic mass is 10.0. The van der Waals surface area contributed by atoms with E-state index in [2.05, 4.69) is 30.9 Å². The number of carboxylic acids is 1. The standard InChI is InChI=1S/C29H33N7O5/c1-17(29(40)41)34-27(38)24(12-19-14-32-23-10-6-5-9-21(19)23)36-28(39)25(13-20-15-31-16-33-20)35-26(37)22(30)11-18-7-3-2-4-8-18/h2-10,14-17,22,24-25,32H,11-13,30H2,1H3,(H,31,33)(H,34,38)(H,35,37)(H,36,39)(H,40,41). The number of rotatable bonds is 13. The first kappa shape index (κ1) is 29.0.